The van der Waals surface area contributed by atoms with Crippen molar-refractivity contribution in [3.63, 3.8) is 0 Å². The van der Waals surface area contributed by atoms with E-state index in [0.717, 1.165) is 51.0 Å². The topological polar surface area (TPSA) is 32.8 Å². The van der Waals surface area contributed by atoms with E-state index in [1.54, 1.807) is 0 Å². The molecule has 2 aliphatic heterocycles. The first kappa shape index (κ1) is 23.0. The molecule has 0 spiro atoms. The van der Waals surface area contributed by atoms with E-state index >= 15 is 0 Å². The maximum absolute atomic E-state index is 13.0. The van der Waals surface area contributed by atoms with Gasteiger partial charge in [0.1, 0.15) is 0 Å². The number of para-hydroxylation sites is 2. The fourth-order valence-corrected chi connectivity index (χ4v) is 6.37. The van der Waals surface area contributed by atoms with Crippen LogP contribution >= 0.6 is 11.8 Å². The van der Waals surface area contributed by atoms with Crippen molar-refractivity contribution < 1.29 is 9.53 Å². The quantitative estimate of drug-likeness (QED) is 0.378. The van der Waals surface area contributed by atoms with Crippen LogP contribution in [0.3, 0.4) is 0 Å². The van der Waals surface area contributed by atoms with Gasteiger partial charge in [0.25, 0.3) is 0 Å². The number of likely N-dealkylation sites (tertiary alicyclic amines) is 1. The van der Waals surface area contributed by atoms with Crippen LogP contribution in [-0.4, -0.2) is 43.7 Å². The maximum atomic E-state index is 13.0. The van der Waals surface area contributed by atoms with Crippen molar-refractivity contribution in [1.82, 2.24) is 4.90 Å². The van der Waals surface area contributed by atoms with Crippen molar-refractivity contribution in [2.75, 3.05) is 37.7 Å². The molecule has 2 aliphatic rings. The summed E-state index contributed by atoms with van der Waals surface area (Å²) in [7, 11) is 0. The zero-order valence-electron chi connectivity index (χ0n) is 19.8. The monoisotopic (exact) mass is 472 g/mol. The molecule has 176 valence electrons. The van der Waals surface area contributed by atoms with Gasteiger partial charge in [0.2, 0.25) is 0 Å². The van der Waals surface area contributed by atoms with Crippen LogP contribution in [0, 0.1) is 0 Å². The van der Waals surface area contributed by atoms with Crippen molar-refractivity contribution in [2.45, 2.75) is 41.4 Å². The van der Waals surface area contributed by atoms with E-state index in [2.05, 4.69) is 70.5 Å². The minimum absolute atomic E-state index is 0.0696. The summed E-state index contributed by atoms with van der Waals surface area (Å²) in [4.78, 5) is 20.7. The molecule has 0 aliphatic carbocycles. The Bertz CT molecular complexity index is 1080. The third-order valence-electron chi connectivity index (χ3n) is 7.09. The molecule has 5 rings (SSSR count). The van der Waals surface area contributed by atoms with E-state index < -0.39 is 5.41 Å². The summed E-state index contributed by atoms with van der Waals surface area (Å²) in [6.45, 7) is 6.15. The second-order valence-electron chi connectivity index (χ2n) is 9.05. The van der Waals surface area contributed by atoms with Gasteiger partial charge in [-0.2, -0.15) is 0 Å². The average molecular weight is 473 g/mol. The molecule has 0 amide bonds. The SMILES string of the molecule is CCOC(=O)C1(c2ccccc2)CCN(CCCN2c3ccccc3Sc3ccccc32)CC1. The summed E-state index contributed by atoms with van der Waals surface area (Å²) in [5.74, 6) is -0.0696. The molecule has 4 nitrogen and oxygen atoms in total. The summed E-state index contributed by atoms with van der Waals surface area (Å²) in [6, 6.07) is 27.6. The van der Waals surface area contributed by atoms with E-state index in [1.165, 1.54) is 21.2 Å². The Morgan fingerprint density at radius 1 is 0.853 bits per heavy atom. The van der Waals surface area contributed by atoms with E-state index in [4.69, 9.17) is 4.74 Å². The normalized spacial score (nSPS) is 17.0. The van der Waals surface area contributed by atoms with Gasteiger partial charge in [-0.3, -0.25) is 4.79 Å². The molecule has 0 bridgehead atoms. The molecular weight excluding hydrogens is 440 g/mol. The number of nitrogens with zero attached hydrogens (tertiary/aromatic N) is 2. The summed E-state index contributed by atoms with van der Waals surface area (Å²) in [5.41, 5.74) is 3.17. The molecule has 2 heterocycles. The van der Waals surface area contributed by atoms with Gasteiger partial charge >= 0.3 is 5.97 Å². The Balaban J connectivity index is 1.24. The standard InChI is InChI=1S/C29H32N2O2S/c1-2-33-28(32)29(23-11-4-3-5-12-23)17-21-30(22-18-29)19-10-20-31-24-13-6-8-15-26(24)34-27-16-9-7-14-25(27)31/h3-9,11-16H,2,10,17-22H2,1H3. The number of anilines is 2. The maximum Gasteiger partial charge on any atom is 0.316 e. The highest BCUT2D eigenvalue weighted by atomic mass is 32.2. The van der Waals surface area contributed by atoms with Gasteiger partial charge in [-0.25, -0.2) is 0 Å². The van der Waals surface area contributed by atoms with Crippen LogP contribution < -0.4 is 4.90 Å². The fourth-order valence-electron chi connectivity index (χ4n) is 5.27. The fraction of sp³-hybridized carbons (Fsp3) is 0.345. The van der Waals surface area contributed by atoms with E-state index in [-0.39, 0.29) is 5.97 Å². The molecule has 0 saturated carbocycles. The lowest BCUT2D eigenvalue weighted by Gasteiger charge is -2.40. The summed E-state index contributed by atoms with van der Waals surface area (Å²) in [6.07, 6.45) is 2.69. The number of carbonyl (C=O) groups excluding carboxylic acids is 1. The molecule has 5 heteroatoms. The van der Waals surface area contributed by atoms with Crippen molar-refractivity contribution >= 4 is 29.1 Å². The van der Waals surface area contributed by atoms with E-state index in [9.17, 15) is 4.79 Å². The Morgan fingerprint density at radius 2 is 1.44 bits per heavy atom. The second-order valence-corrected chi connectivity index (χ2v) is 10.1. The zero-order chi connectivity index (χ0) is 23.4. The molecule has 3 aromatic carbocycles. The van der Waals surface area contributed by atoms with E-state index in [0.29, 0.717) is 6.61 Å². The first-order chi connectivity index (χ1) is 16.7. The smallest absolute Gasteiger partial charge is 0.316 e. The number of ether oxygens (including phenoxy) is 1. The summed E-state index contributed by atoms with van der Waals surface area (Å²) >= 11 is 1.86. The molecule has 0 N–H and O–H groups in total. The molecule has 1 fully saturated rings. The van der Waals surface area contributed by atoms with Crippen LogP contribution in [0.4, 0.5) is 11.4 Å². The number of hydrogen-bond acceptors (Lipinski definition) is 5. The highest BCUT2D eigenvalue weighted by Crippen LogP contribution is 2.47. The minimum atomic E-state index is -0.518. The first-order valence-corrected chi connectivity index (χ1v) is 13.1. The van der Waals surface area contributed by atoms with Crippen molar-refractivity contribution in [2.24, 2.45) is 0 Å². The molecule has 1 saturated heterocycles. The summed E-state index contributed by atoms with van der Waals surface area (Å²) < 4.78 is 5.54. The van der Waals surface area contributed by atoms with Gasteiger partial charge < -0.3 is 14.5 Å². The Kier molecular flexibility index (Phi) is 6.93. The number of carbonyl (C=O) groups is 1. The Hall–Kier alpha value is -2.76. The third kappa shape index (κ3) is 4.47. The van der Waals surface area contributed by atoms with Crippen LogP contribution in [0.5, 0.6) is 0 Å². The molecule has 0 aromatic heterocycles. The van der Waals surface area contributed by atoms with Crippen LogP contribution in [-0.2, 0) is 14.9 Å². The predicted octanol–water partition coefficient (Wildman–Crippen LogP) is 6.28. The molecule has 3 aromatic rings. The number of piperidine rings is 1. The number of benzene rings is 3. The molecule has 34 heavy (non-hydrogen) atoms. The van der Waals surface area contributed by atoms with Crippen LogP contribution in [0.2, 0.25) is 0 Å². The molecule has 0 unspecified atom stereocenters. The number of esters is 1. The third-order valence-corrected chi connectivity index (χ3v) is 8.22. The van der Waals surface area contributed by atoms with E-state index in [1.807, 2.05) is 36.9 Å². The molecular formula is C29H32N2O2S. The van der Waals surface area contributed by atoms with Gasteiger partial charge in [-0.1, -0.05) is 66.4 Å². The van der Waals surface area contributed by atoms with Crippen molar-refractivity contribution in [1.29, 1.82) is 0 Å². The largest absolute Gasteiger partial charge is 0.465 e. The lowest BCUT2D eigenvalue weighted by Crippen LogP contribution is -2.48. The second kappa shape index (κ2) is 10.2. The van der Waals surface area contributed by atoms with Gasteiger partial charge in [0.15, 0.2) is 0 Å². The Labute approximate surface area is 206 Å². The zero-order valence-corrected chi connectivity index (χ0v) is 20.6. The average Bonchev–Trinajstić information content (AvgIpc) is 2.89. The lowest BCUT2D eigenvalue weighted by atomic mass is 9.72. The minimum Gasteiger partial charge on any atom is -0.465 e. The van der Waals surface area contributed by atoms with Gasteiger partial charge in [-0.15, -0.1) is 0 Å². The molecule has 0 atom stereocenters. The van der Waals surface area contributed by atoms with Crippen LogP contribution in [0.15, 0.2) is 88.7 Å². The van der Waals surface area contributed by atoms with Crippen LogP contribution in [0.1, 0.15) is 31.7 Å². The number of fused-ring (bicyclic) bond motifs is 2. The Morgan fingerprint density at radius 3 is 2.06 bits per heavy atom. The number of hydrogen-bond donors (Lipinski definition) is 0. The first-order valence-electron chi connectivity index (χ1n) is 12.3. The van der Waals surface area contributed by atoms with Gasteiger partial charge in [-0.05, 0) is 75.6 Å². The highest BCUT2D eigenvalue weighted by molar-refractivity contribution is 7.99. The van der Waals surface area contributed by atoms with Gasteiger partial charge in [0.05, 0.1) is 23.4 Å². The highest BCUT2D eigenvalue weighted by Gasteiger charge is 2.44. The van der Waals surface area contributed by atoms with Crippen molar-refractivity contribution in [3.05, 3.63) is 84.4 Å². The summed E-state index contributed by atoms with van der Waals surface area (Å²) in [5, 5.41) is 0. The lowest BCUT2D eigenvalue weighted by molar-refractivity contribution is -0.152. The van der Waals surface area contributed by atoms with Crippen LogP contribution in [0.25, 0.3) is 0 Å². The predicted molar refractivity (Wildman–Crippen MR) is 139 cm³/mol. The van der Waals surface area contributed by atoms with Gasteiger partial charge in [0, 0.05) is 16.3 Å². The molecule has 0 radical (unpaired) electrons. The number of rotatable bonds is 7. The van der Waals surface area contributed by atoms with Crippen molar-refractivity contribution in [3.8, 4) is 0 Å².